The standard InChI is InChI=1S/C15H19BrN2O4S/c1-10(2)7-17-15(21)18-13(19)8-22-14(20)9-23-12-5-3-11(16)4-6-12/h3-6,10H,7-9H2,1-2H3,(H2,17,18,19,21). The summed E-state index contributed by atoms with van der Waals surface area (Å²) in [6.07, 6.45) is 0. The van der Waals surface area contributed by atoms with Gasteiger partial charge in [-0.2, -0.15) is 0 Å². The average Bonchev–Trinajstić information content (AvgIpc) is 2.50. The number of ether oxygens (including phenoxy) is 1. The second-order valence-electron chi connectivity index (χ2n) is 5.06. The number of thioether (sulfide) groups is 1. The van der Waals surface area contributed by atoms with Crippen molar-refractivity contribution in [1.82, 2.24) is 10.6 Å². The summed E-state index contributed by atoms with van der Waals surface area (Å²) in [5.74, 6) is -0.803. The Labute approximate surface area is 147 Å². The molecule has 0 spiro atoms. The SMILES string of the molecule is CC(C)CNC(=O)NC(=O)COC(=O)CSc1ccc(Br)cc1. The zero-order valence-electron chi connectivity index (χ0n) is 12.9. The van der Waals surface area contributed by atoms with Gasteiger partial charge in [0.1, 0.15) is 0 Å². The Morgan fingerprint density at radius 2 is 1.87 bits per heavy atom. The summed E-state index contributed by atoms with van der Waals surface area (Å²) in [5.41, 5.74) is 0. The first-order valence-electron chi connectivity index (χ1n) is 6.98. The number of halogens is 1. The summed E-state index contributed by atoms with van der Waals surface area (Å²) < 4.78 is 5.77. The van der Waals surface area contributed by atoms with Crippen LogP contribution in [0.2, 0.25) is 0 Å². The van der Waals surface area contributed by atoms with Gasteiger partial charge in [-0.05, 0) is 30.2 Å². The summed E-state index contributed by atoms with van der Waals surface area (Å²) in [6, 6.07) is 6.89. The number of nitrogens with one attached hydrogen (secondary N) is 2. The van der Waals surface area contributed by atoms with E-state index in [1.165, 1.54) is 11.8 Å². The Hall–Kier alpha value is -1.54. The van der Waals surface area contributed by atoms with Crippen LogP contribution in [0.5, 0.6) is 0 Å². The van der Waals surface area contributed by atoms with Gasteiger partial charge >= 0.3 is 12.0 Å². The van der Waals surface area contributed by atoms with E-state index in [1.54, 1.807) is 0 Å². The molecule has 8 heteroatoms. The molecule has 0 aliphatic carbocycles. The summed E-state index contributed by atoms with van der Waals surface area (Å²) in [7, 11) is 0. The van der Waals surface area contributed by atoms with Crippen LogP contribution in [0.3, 0.4) is 0 Å². The minimum Gasteiger partial charge on any atom is -0.455 e. The summed E-state index contributed by atoms with van der Waals surface area (Å²) >= 11 is 4.63. The molecule has 6 nitrogen and oxygen atoms in total. The van der Waals surface area contributed by atoms with Gasteiger partial charge in [-0.15, -0.1) is 11.8 Å². The van der Waals surface area contributed by atoms with Crippen LogP contribution in [0.4, 0.5) is 4.79 Å². The van der Waals surface area contributed by atoms with Crippen LogP contribution in [-0.4, -0.2) is 36.8 Å². The van der Waals surface area contributed by atoms with Crippen LogP contribution < -0.4 is 10.6 Å². The van der Waals surface area contributed by atoms with E-state index in [2.05, 4.69) is 26.6 Å². The average molecular weight is 403 g/mol. The van der Waals surface area contributed by atoms with Gasteiger partial charge in [0.25, 0.3) is 5.91 Å². The molecule has 0 saturated heterocycles. The lowest BCUT2D eigenvalue weighted by atomic mass is 10.2. The fourth-order valence-electron chi connectivity index (χ4n) is 1.36. The van der Waals surface area contributed by atoms with Gasteiger partial charge in [-0.3, -0.25) is 14.9 Å². The first kappa shape index (κ1) is 19.5. The van der Waals surface area contributed by atoms with E-state index in [9.17, 15) is 14.4 Å². The molecule has 1 aromatic rings. The highest BCUT2D eigenvalue weighted by Crippen LogP contribution is 2.20. The lowest BCUT2D eigenvalue weighted by Crippen LogP contribution is -2.42. The minimum atomic E-state index is -0.659. The van der Waals surface area contributed by atoms with E-state index in [1.807, 2.05) is 38.1 Å². The highest BCUT2D eigenvalue weighted by Gasteiger charge is 2.11. The molecule has 0 saturated carbocycles. The Balaban J connectivity index is 2.20. The number of hydrogen-bond acceptors (Lipinski definition) is 5. The molecule has 0 aliphatic heterocycles. The molecule has 0 radical (unpaired) electrons. The van der Waals surface area contributed by atoms with Crippen LogP contribution in [0.15, 0.2) is 33.6 Å². The highest BCUT2D eigenvalue weighted by molar-refractivity contribution is 9.10. The van der Waals surface area contributed by atoms with Crippen molar-refractivity contribution in [1.29, 1.82) is 0 Å². The predicted octanol–water partition coefficient (Wildman–Crippen LogP) is 2.57. The maximum atomic E-state index is 11.6. The Kier molecular flexibility index (Phi) is 8.71. The number of imide groups is 1. The predicted molar refractivity (Wildman–Crippen MR) is 92.2 cm³/mol. The van der Waals surface area contributed by atoms with E-state index >= 15 is 0 Å². The zero-order chi connectivity index (χ0) is 17.2. The van der Waals surface area contributed by atoms with Crippen LogP contribution in [0.1, 0.15) is 13.8 Å². The van der Waals surface area contributed by atoms with E-state index in [0.717, 1.165) is 9.37 Å². The molecule has 0 aliphatic rings. The highest BCUT2D eigenvalue weighted by atomic mass is 79.9. The number of rotatable bonds is 7. The fraction of sp³-hybridized carbons (Fsp3) is 0.400. The van der Waals surface area contributed by atoms with Crippen molar-refractivity contribution in [3.63, 3.8) is 0 Å². The van der Waals surface area contributed by atoms with Gasteiger partial charge in [0.2, 0.25) is 0 Å². The molecular formula is C15H19BrN2O4S. The fourth-order valence-corrected chi connectivity index (χ4v) is 2.33. The number of urea groups is 1. The van der Waals surface area contributed by atoms with Crippen molar-refractivity contribution in [2.24, 2.45) is 5.92 Å². The third-order valence-electron chi connectivity index (χ3n) is 2.46. The lowest BCUT2D eigenvalue weighted by molar-refractivity contribution is -0.145. The van der Waals surface area contributed by atoms with Gasteiger partial charge in [0.15, 0.2) is 6.61 Å². The van der Waals surface area contributed by atoms with Crippen LogP contribution in [-0.2, 0) is 14.3 Å². The number of esters is 1. The molecule has 0 bridgehead atoms. The third-order valence-corrected chi connectivity index (χ3v) is 3.97. The summed E-state index contributed by atoms with van der Waals surface area (Å²) in [6.45, 7) is 3.86. The molecule has 0 fully saturated rings. The molecule has 0 aromatic heterocycles. The van der Waals surface area contributed by atoms with Crippen molar-refractivity contribution in [3.8, 4) is 0 Å². The number of carbonyl (C=O) groups excluding carboxylic acids is 3. The second-order valence-corrected chi connectivity index (χ2v) is 7.02. The zero-order valence-corrected chi connectivity index (χ0v) is 15.3. The number of amides is 3. The number of hydrogen-bond donors (Lipinski definition) is 2. The Bertz CT molecular complexity index is 549. The van der Waals surface area contributed by atoms with E-state index in [-0.39, 0.29) is 11.7 Å². The monoisotopic (exact) mass is 402 g/mol. The molecule has 0 unspecified atom stereocenters. The van der Waals surface area contributed by atoms with Crippen molar-refractivity contribution in [2.75, 3.05) is 18.9 Å². The normalized spacial score (nSPS) is 10.3. The quantitative estimate of drug-likeness (QED) is 0.540. The van der Waals surface area contributed by atoms with Crippen LogP contribution >= 0.6 is 27.7 Å². The summed E-state index contributed by atoms with van der Waals surface area (Å²) in [5, 5.41) is 4.62. The largest absolute Gasteiger partial charge is 0.455 e. The Morgan fingerprint density at radius 3 is 2.48 bits per heavy atom. The molecule has 3 amide bonds. The van der Waals surface area contributed by atoms with Crippen molar-refractivity contribution in [3.05, 3.63) is 28.7 Å². The Morgan fingerprint density at radius 1 is 1.22 bits per heavy atom. The van der Waals surface area contributed by atoms with E-state index in [4.69, 9.17) is 4.74 Å². The van der Waals surface area contributed by atoms with Crippen molar-refractivity contribution in [2.45, 2.75) is 18.7 Å². The molecule has 126 valence electrons. The van der Waals surface area contributed by atoms with Crippen molar-refractivity contribution < 1.29 is 19.1 Å². The van der Waals surface area contributed by atoms with Gasteiger partial charge in [-0.25, -0.2) is 4.79 Å². The molecule has 2 N–H and O–H groups in total. The maximum absolute atomic E-state index is 11.6. The lowest BCUT2D eigenvalue weighted by Gasteiger charge is -2.09. The molecule has 0 atom stereocenters. The molecule has 1 aromatic carbocycles. The van der Waals surface area contributed by atoms with Crippen LogP contribution in [0.25, 0.3) is 0 Å². The smallest absolute Gasteiger partial charge is 0.321 e. The minimum absolute atomic E-state index is 0.0917. The van der Waals surface area contributed by atoms with E-state index in [0.29, 0.717) is 6.54 Å². The summed E-state index contributed by atoms with van der Waals surface area (Å²) in [4.78, 5) is 35.3. The maximum Gasteiger partial charge on any atom is 0.321 e. The third kappa shape index (κ3) is 9.25. The topological polar surface area (TPSA) is 84.5 Å². The molecule has 1 rings (SSSR count). The van der Waals surface area contributed by atoms with Gasteiger partial charge in [0, 0.05) is 15.9 Å². The van der Waals surface area contributed by atoms with Crippen LogP contribution in [0, 0.1) is 5.92 Å². The number of carbonyl (C=O) groups is 3. The van der Waals surface area contributed by atoms with Crippen molar-refractivity contribution >= 4 is 45.6 Å². The molecule has 23 heavy (non-hydrogen) atoms. The first-order valence-corrected chi connectivity index (χ1v) is 8.76. The first-order chi connectivity index (χ1) is 10.9. The number of benzene rings is 1. The second kappa shape index (κ2) is 10.3. The van der Waals surface area contributed by atoms with Gasteiger partial charge < -0.3 is 10.1 Å². The van der Waals surface area contributed by atoms with Gasteiger partial charge in [0.05, 0.1) is 5.75 Å². The van der Waals surface area contributed by atoms with Gasteiger partial charge in [-0.1, -0.05) is 29.8 Å². The molecule has 0 heterocycles. The van der Waals surface area contributed by atoms with E-state index < -0.39 is 24.5 Å². The molecular weight excluding hydrogens is 384 g/mol.